The first kappa shape index (κ1) is 25.7. The fourth-order valence-electron chi connectivity index (χ4n) is 2.43. The van der Waals surface area contributed by atoms with Crippen LogP contribution in [0.5, 0.6) is 0 Å². The number of carbonyl (C=O) groups is 2. The molecule has 2 aromatic rings. The van der Waals surface area contributed by atoms with Gasteiger partial charge < -0.3 is 29.4 Å². The summed E-state index contributed by atoms with van der Waals surface area (Å²) in [6.07, 6.45) is 6.15. The lowest BCUT2D eigenvalue weighted by Crippen LogP contribution is -2.24. The highest BCUT2D eigenvalue weighted by Gasteiger charge is 2.01. The molecule has 0 atom stereocenters. The lowest BCUT2D eigenvalue weighted by Gasteiger charge is -2.05. The Morgan fingerprint density at radius 2 is 1.09 bits per heavy atom. The normalized spacial score (nSPS) is 10.8. The molecule has 8 nitrogen and oxygen atoms in total. The molecule has 174 valence electrons. The third-order valence-electron chi connectivity index (χ3n) is 4.08. The fraction of sp³-hybridized carbons (Fsp3) is 0.250. The number of benzene rings is 2. The molecule has 0 saturated heterocycles. The van der Waals surface area contributed by atoms with Crippen molar-refractivity contribution in [3.8, 4) is 0 Å². The van der Waals surface area contributed by atoms with Gasteiger partial charge in [0.2, 0.25) is 0 Å². The van der Waals surface area contributed by atoms with Gasteiger partial charge in [-0.15, -0.1) is 0 Å². The molecular formula is C24H29BN2O6. The maximum absolute atomic E-state index is 11.6. The first-order chi connectivity index (χ1) is 16.2. The molecule has 0 radical (unpaired) electrons. The number of nitrogens with one attached hydrogen (secondary N) is 2. The second-order valence-corrected chi connectivity index (χ2v) is 6.69. The average molecular weight is 452 g/mol. The summed E-state index contributed by atoms with van der Waals surface area (Å²) in [6.45, 7) is 1.89. The van der Waals surface area contributed by atoms with E-state index < -0.39 is 12.2 Å². The molecule has 0 heterocycles. The van der Waals surface area contributed by atoms with Crippen LogP contribution in [-0.2, 0) is 32.0 Å². The number of amides is 2. The Labute approximate surface area is 194 Å². The third kappa shape index (κ3) is 13.5. The lowest BCUT2D eigenvalue weighted by atomic mass is 10.2. The van der Waals surface area contributed by atoms with E-state index in [0.29, 0.717) is 26.3 Å². The zero-order valence-electron chi connectivity index (χ0n) is 18.5. The molecule has 2 amide bonds. The molecule has 0 aliphatic carbocycles. The molecule has 33 heavy (non-hydrogen) atoms. The van der Waals surface area contributed by atoms with Crippen LogP contribution in [0.25, 0.3) is 0 Å². The number of alkyl carbamates (subject to hydrolysis) is 2. The molecule has 2 aromatic carbocycles. The summed E-state index contributed by atoms with van der Waals surface area (Å²) < 4.78 is 20.8. The topological polar surface area (TPSA) is 95.1 Å². The number of carbonyl (C=O) groups excluding carboxylic acids is 2. The molecule has 0 aromatic heterocycles. The van der Waals surface area contributed by atoms with E-state index in [0.717, 1.165) is 11.1 Å². The van der Waals surface area contributed by atoms with Gasteiger partial charge in [-0.3, -0.25) is 0 Å². The van der Waals surface area contributed by atoms with Gasteiger partial charge in [0.25, 0.3) is 0 Å². The minimum Gasteiger partial charge on any atom is -0.445 e. The molecule has 0 saturated carbocycles. The average Bonchev–Trinajstić information content (AvgIpc) is 2.85. The fourth-order valence-corrected chi connectivity index (χ4v) is 2.43. The van der Waals surface area contributed by atoms with Gasteiger partial charge in [0.15, 0.2) is 0 Å². The Hall–Kier alpha value is -3.56. The van der Waals surface area contributed by atoms with Crippen LogP contribution >= 0.6 is 0 Å². The SMILES string of the molecule is O=C(NCC=CCOBOCC=CCNC(=O)OCc1ccccc1)OCc1ccccc1. The number of ether oxygens (including phenoxy) is 2. The van der Waals surface area contributed by atoms with Crippen LogP contribution in [0.4, 0.5) is 9.59 Å². The van der Waals surface area contributed by atoms with Gasteiger partial charge in [-0.1, -0.05) is 85.0 Å². The van der Waals surface area contributed by atoms with Gasteiger partial charge in [0.05, 0.1) is 0 Å². The number of hydrogen-bond donors (Lipinski definition) is 2. The predicted octanol–water partition coefficient (Wildman–Crippen LogP) is 3.25. The Balaban J connectivity index is 1.36. The van der Waals surface area contributed by atoms with Gasteiger partial charge in [-0.05, 0) is 11.1 Å². The van der Waals surface area contributed by atoms with Crippen LogP contribution < -0.4 is 10.6 Å². The third-order valence-corrected chi connectivity index (χ3v) is 4.08. The van der Waals surface area contributed by atoms with Crippen LogP contribution in [0.3, 0.4) is 0 Å². The smallest absolute Gasteiger partial charge is 0.438 e. The van der Waals surface area contributed by atoms with Crippen molar-refractivity contribution in [2.45, 2.75) is 13.2 Å². The Bertz CT molecular complexity index is 790. The van der Waals surface area contributed by atoms with E-state index in [1.54, 1.807) is 24.3 Å². The summed E-state index contributed by atoms with van der Waals surface area (Å²) in [4.78, 5) is 23.1. The van der Waals surface area contributed by atoms with E-state index in [1.165, 1.54) is 0 Å². The zero-order chi connectivity index (χ0) is 23.4. The zero-order valence-corrected chi connectivity index (χ0v) is 18.5. The van der Waals surface area contributed by atoms with Gasteiger partial charge in [-0.2, -0.15) is 0 Å². The minimum absolute atomic E-state index is 0.133. The summed E-state index contributed by atoms with van der Waals surface area (Å²) in [7, 11) is 0.133. The first-order valence-electron chi connectivity index (χ1n) is 10.6. The van der Waals surface area contributed by atoms with Crippen LogP contribution in [0.15, 0.2) is 85.0 Å². The van der Waals surface area contributed by atoms with Crippen molar-refractivity contribution in [1.82, 2.24) is 10.6 Å². The quantitative estimate of drug-likeness (QED) is 0.260. The molecule has 2 N–H and O–H groups in total. The van der Waals surface area contributed by atoms with Gasteiger partial charge >= 0.3 is 19.9 Å². The van der Waals surface area contributed by atoms with E-state index in [-0.39, 0.29) is 20.9 Å². The molecule has 0 aliphatic heterocycles. The molecule has 0 bridgehead atoms. The summed E-state index contributed by atoms with van der Waals surface area (Å²) in [5.41, 5.74) is 1.87. The molecule has 9 heteroatoms. The van der Waals surface area contributed by atoms with Crippen molar-refractivity contribution in [2.75, 3.05) is 26.3 Å². The van der Waals surface area contributed by atoms with Crippen molar-refractivity contribution >= 4 is 19.9 Å². The van der Waals surface area contributed by atoms with Gasteiger partial charge in [0.1, 0.15) is 13.2 Å². The minimum atomic E-state index is -0.474. The molecule has 0 spiro atoms. The van der Waals surface area contributed by atoms with Crippen LogP contribution in [-0.4, -0.2) is 46.2 Å². The Morgan fingerprint density at radius 3 is 1.52 bits per heavy atom. The van der Waals surface area contributed by atoms with Crippen molar-refractivity contribution in [1.29, 1.82) is 0 Å². The molecule has 0 fully saturated rings. The summed E-state index contributed by atoms with van der Waals surface area (Å²) >= 11 is 0. The highest BCUT2D eigenvalue weighted by atomic mass is 16.6. The van der Waals surface area contributed by atoms with Crippen molar-refractivity contribution in [3.05, 3.63) is 96.1 Å². The van der Waals surface area contributed by atoms with Crippen LogP contribution in [0, 0.1) is 0 Å². The first-order valence-corrected chi connectivity index (χ1v) is 10.6. The Kier molecular flexibility index (Phi) is 13.3. The van der Waals surface area contributed by atoms with Gasteiger partial charge in [-0.25, -0.2) is 9.59 Å². The molecule has 0 unspecified atom stereocenters. The van der Waals surface area contributed by atoms with Crippen LogP contribution in [0.2, 0.25) is 0 Å². The monoisotopic (exact) mass is 452 g/mol. The summed E-state index contributed by atoms with van der Waals surface area (Å²) in [5, 5.41) is 5.25. The maximum Gasteiger partial charge on any atom is 0.438 e. The second kappa shape index (κ2) is 17.1. The lowest BCUT2D eigenvalue weighted by molar-refractivity contribution is 0.140. The van der Waals surface area contributed by atoms with E-state index in [1.807, 2.05) is 60.7 Å². The molecular weight excluding hydrogens is 423 g/mol. The van der Waals surface area contributed by atoms with Crippen molar-refractivity contribution in [2.24, 2.45) is 0 Å². The van der Waals surface area contributed by atoms with Crippen molar-refractivity contribution < 1.29 is 28.4 Å². The highest BCUT2D eigenvalue weighted by Crippen LogP contribution is 2.01. The highest BCUT2D eigenvalue weighted by molar-refractivity contribution is 6.18. The van der Waals surface area contributed by atoms with E-state index in [2.05, 4.69) is 10.6 Å². The number of rotatable bonds is 14. The molecule has 0 aliphatic rings. The second-order valence-electron chi connectivity index (χ2n) is 6.69. The van der Waals surface area contributed by atoms with Crippen LogP contribution in [0.1, 0.15) is 11.1 Å². The van der Waals surface area contributed by atoms with Gasteiger partial charge in [0, 0.05) is 26.3 Å². The maximum atomic E-state index is 11.6. The molecule has 2 rings (SSSR count). The largest absolute Gasteiger partial charge is 0.445 e. The summed E-state index contributed by atoms with van der Waals surface area (Å²) in [5.74, 6) is 0. The summed E-state index contributed by atoms with van der Waals surface area (Å²) in [6, 6.07) is 19.0. The standard InChI is InChI=1S/C24H29BN2O6/c28-23(30-19-21-11-3-1-4-12-21)26-15-7-9-17-32-25-33-18-10-8-16-27-24(29)31-20-22-13-5-2-6-14-22/h1-14,25H,15-20H2,(H,26,28)(H,27,29). The van der Waals surface area contributed by atoms with Crippen molar-refractivity contribution in [3.63, 3.8) is 0 Å². The van der Waals surface area contributed by atoms with E-state index in [4.69, 9.17) is 18.8 Å². The number of hydrogen-bond acceptors (Lipinski definition) is 6. The Morgan fingerprint density at radius 1 is 0.667 bits per heavy atom. The van der Waals surface area contributed by atoms with E-state index >= 15 is 0 Å². The van der Waals surface area contributed by atoms with E-state index in [9.17, 15) is 9.59 Å². The predicted molar refractivity (Wildman–Crippen MR) is 127 cm³/mol.